The van der Waals surface area contributed by atoms with Gasteiger partial charge in [0.15, 0.2) is 0 Å². The Labute approximate surface area is 121 Å². The Kier molecular flexibility index (Phi) is 5.03. The zero-order chi connectivity index (χ0) is 15.6. The van der Waals surface area contributed by atoms with E-state index in [1.54, 1.807) is 13.0 Å². The maximum atomic E-state index is 11.5. The highest BCUT2D eigenvalue weighted by atomic mass is 16.5. The minimum Gasteiger partial charge on any atom is -0.465 e. The molecule has 0 saturated heterocycles. The van der Waals surface area contributed by atoms with Gasteiger partial charge in [0.2, 0.25) is 0 Å². The lowest BCUT2D eigenvalue weighted by Crippen LogP contribution is -2.41. The molecular formula is C16H27NO3. The number of rotatable bonds is 5. The highest BCUT2D eigenvalue weighted by Gasteiger charge is 2.25. The Morgan fingerprint density at radius 3 is 2.40 bits per heavy atom. The maximum Gasteiger partial charge on any atom is 0.341 e. The fraction of sp³-hybridized carbons (Fsp3) is 0.688. The van der Waals surface area contributed by atoms with Crippen molar-refractivity contribution in [2.24, 2.45) is 5.41 Å². The molecule has 0 aliphatic rings. The zero-order valence-corrected chi connectivity index (χ0v) is 13.7. The lowest BCUT2D eigenvalue weighted by Gasteiger charge is -2.33. The molecule has 0 aromatic carbocycles. The smallest absolute Gasteiger partial charge is 0.341 e. The quantitative estimate of drug-likeness (QED) is 0.836. The van der Waals surface area contributed by atoms with E-state index in [0.29, 0.717) is 17.9 Å². The van der Waals surface area contributed by atoms with Crippen molar-refractivity contribution in [3.8, 4) is 0 Å². The van der Waals surface area contributed by atoms with Crippen LogP contribution in [0.4, 0.5) is 0 Å². The summed E-state index contributed by atoms with van der Waals surface area (Å²) < 4.78 is 10.3. The van der Waals surface area contributed by atoms with E-state index in [1.165, 1.54) is 7.11 Å². The molecule has 0 aliphatic carbocycles. The number of esters is 1. The lowest BCUT2D eigenvalue weighted by atomic mass is 9.82. The van der Waals surface area contributed by atoms with Gasteiger partial charge in [-0.25, -0.2) is 4.79 Å². The molecule has 0 bridgehead atoms. The number of methoxy groups -OCH3 is 1. The van der Waals surface area contributed by atoms with Gasteiger partial charge in [0.1, 0.15) is 17.1 Å². The topological polar surface area (TPSA) is 51.5 Å². The third-order valence-corrected chi connectivity index (χ3v) is 3.09. The fourth-order valence-electron chi connectivity index (χ4n) is 2.66. The molecule has 1 rings (SSSR count). The highest BCUT2D eigenvalue weighted by Crippen LogP contribution is 2.27. The van der Waals surface area contributed by atoms with Gasteiger partial charge in [-0.1, -0.05) is 20.8 Å². The summed E-state index contributed by atoms with van der Waals surface area (Å²) in [5.74, 6) is 0.999. The van der Waals surface area contributed by atoms with Crippen LogP contribution in [-0.4, -0.2) is 18.6 Å². The van der Waals surface area contributed by atoms with E-state index < -0.39 is 0 Å². The third kappa shape index (κ3) is 5.00. The second-order valence-electron chi connectivity index (χ2n) is 7.15. The highest BCUT2D eigenvalue weighted by molar-refractivity contribution is 5.90. The Morgan fingerprint density at radius 1 is 1.30 bits per heavy atom. The summed E-state index contributed by atoms with van der Waals surface area (Å²) in [6.07, 6.45) is 1.05. The van der Waals surface area contributed by atoms with Crippen molar-refractivity contribution in [2.75, 3.05) is 7.11 Å². The van der Waals surface area contributed by atoms with Gasteiger partial charge in [-0.2, -0.15) is 0 Å². The zero-order valence-electron chi connectivity index (χ0n) is 13.7. The lowest BCUT2D eigenvalue weighted by molar-refractivity contribution is 0.0599. The van der Waals surface area contributed by atoms with Gasteiger partial charge in [0, 0.05) is 5.54 Å². The van der Waals surface area contributed by atoms with Crippen molar-refractivity contribution >= 4 is 5.97 Å². The third-order valence-electron chi connectivity index (χ3n) is 3.09. The minimum atomic E-state index is -0.355. The molecule has 20 heavy (non-hydrogen) atoms. The summed E-state index contributed by atoms with van der Waals surface area (Å²) in [5.41, 5.74) is 0.759. The van der Waals surface area contributed by atoms with Gasteiger partial charge < -0.3 is 14.5 Å². The van der Waals surface area contributed by atoms with Crippen LogP contribution in [0.5, 0.6) is 0 Å². The molecule has 0 saturated carbocycles. The van der Waals surface area contributed by atoms with Crippen molar-refractivity contribution in [1.29, 1.82) is 0 Å². The molecule has 114 valence electrons. The normalized spacial score (nSPS) is 12.6. The molecule has 1 aromatic rings. The molecule has 0 aliphatic heterocycles. The van der Waals surface area contributed by atoms with Crippen LogP contribution in [0.3, 0.4) is 0 Å². The van der Waals surface area contributed by atoms with E-state index >= 15 is 0 Å². The molecule has 0 unspecified atom stereocenters. The van der Waals surface area contributed by atoms with E-state index in [2.05, 4.69) is 39.9 Å². The number of nitrogens with one attached hydrogen (secondary N) is 1. The summed E-state index contributed by atoms with van der Waals surface area (Å²) in [6, 6.07) is 1.75. The van der Waals surface area contributed by atoms with Crippen LogP contribution in [0.15, 0.2) is 10.5 Å². The average molecular weight is 281 g/mol. The Hall–Kier alpha value is -1.29. The molecule has 1 heterocycles. The maximum absolute atomic E-state index is 11.5. The van der Waals surface area contributed by atoms with Crippen LogP contribution in [0.1, 0.15) is 62.9 Å². The second kappa shape index (κ2) is 6.00. The van der Waals surface area contributed by atoms with Crippen LogP contribution >= 0.6 is 0 Å². The average Bonchev–Trinajstić information content (AvgIpc) is 2.64. The number of hydrogen-bond acceptors (Lipinski definition) is 4. The number of furan rings is 1. The molecule has 4 nitrogen and oxygen atoms in total. The van der Waals surface area contributed by atoms with Gasteiger partial charge in [0.05, 0.1) is 13.7 Å². The van der Waals surface area contributed by atoms with Crippen molar-refractivity contribution < 1.29 is 13.9 Å². The summed E-state index contributed by atoms with van der Waals surface area (Å²) in [4.78, 5) is 11.5. The minimum absolute atomic E-state index is 0.00434. The summed E-state index contributed by atoms with van der Waals surface area (Å²) in [6.45, 7) is 13.4. The van der Waals surface area contributed by atoms with E-state index in [1.807, 2.05) is 0 Å². The fourth-order valence-corrected chi connectivity index (χ4v) is 2.66. The molecular weight excluding hydrogens is 254 g/mol. The van der Waals surface area contributed by atoms with Crippen molar-refractivity contribution in [1.82, 2.24) is 5.32 Å². The second-order valence-corrected chi connectivity index (χ2v) is 7.15. The van der Waals surface area contributed by atoms with Gasteiger partial charge >= 0.3 is 5.97 Å². The molecule has 0 fully saturated rings. The molecule has 1 aromatic heterocycles. The van der Waals surface area contributed by atoms with Gasteiger partial charge in [-0.05, 0) is 38.7 Å². The number of hydrogen-bond donors (Lipinski definition) is 1. The SMILES string of the molecule is COC(=O)c1cc(CNC(C)(C)CC(C)(C)C)oc1C. The first-order chi connectivity index (χ1) is 9.04. The van der Waals surface area contributed by atoms with Gasteiger partial charge in [-0.3, -0.25) is 0 Å². The number of carbonyl (C=O) groups is 1. The predicted molar refractivity (Wildman–Crippen MR) is 79.8 cm³/mol. The van der Waals surface area contributed by atoms with Gasteiger partial charge in [0.25, 0.3) is 0 Å². The first-order valence-electron chi connectivity index (χ1n) is 6.97. The summed E-state index contributed by atoms with van der Waals surface area (Å²) in [5, 5.41) is 3.48. The van der Waals surface area contributed by atoms with Crippen molar-refractivity contribution in [3.63, 3.8) is 0 Å². The Bertz CT molecular complexity index is 467. The number of carbonyl (C=O) groups excluding carboxylic acids is 1. The Morgan fingerprint density at radius 2 is 1.90 bits per heavy atom. The molecule has 1 N–H and O–H groups in total. The first-order valence-corrected chi connectivity index (χ1v) is 6.97. The predicted octanol–water partition coefficient (Wildman–Crippen LogP) is 3.68. The largest absolute Gasteiger partial charge is 0.465 e. The number of ether oxygens (including phenoxy) is 1. The summed E-state index contributed by atoms with van der Waals surface area (Å²) in [7, 11) is 1.37. The first kappa shape index (κ1) is 16.8. The molecule has 0 atom stereocenters. The van der Waals surface area contributed by atoms with Crippen LogP contribution < -0.4 is 5.32 Å². The summed E-state index contributed by atoms with van der Waals surface area (Å²) >= 11 is 0. The van der Waals surface area contributed by atoms with Crippen LogP contribution in [0.2, 0.25) is 0 Å². The molecule has 0 amide bonds. The monoisotopic (exact) mass is 281 g/mol. The van der Waals surface area contributed by atoms with E-state index in [0.717, 1.165) is 12.2 Å². The van der Waals surface area contributed by atoms with Crippen molar-refractivity contribution in [2.45, 2.75) is 60.0 Å². The van der Waals surface area contributed by atoms with E-state index in [9.17, 15) is 4.79 Å². The Balaban J connectivity index is 2.69. The van der Waals surface area contributed by atoms with Crippen LogP contribution in [0.25, 0.3) is 0 Å². The van der Waals surface area contributed by atoms with Crippen LogP contribution in [0, 0.1) is 12.3 Å². The van der Waals surface area contributed by atoms with Gasteiger partial charge in [-0.15, -0.1) is 0 Å². The van der Waals surface area contributed by atoms with Crippen LogP contribution in [-0.2, 0) is 11.3 Å². The molecule has 0 spiro atoms. The standard InChI is InChI=1S/C16H27NO3/c1-11-13(14(18)19-7)8-12(20-11)9-17-16(5,6)10-15(2,3)4/h8,17H,9-10H2,1-7H3. The number of aryl methyl sites for hydroxylation is 1. The van der Waals surface area contributed by atoms with E-state index in [-0.39, 0.29) is 16.9 Å². The van der Waals surface area contributed by atoms with Crippen molar-refractivity contribution in [3.05, 3.63) is 23.2 Å². The van der Waals surface area contributed by atoms with E-state index in [4.69, 9.17) is 9.15 Å². The molecule has 0 radical (unpaired) electrons. The molecule has 4 heteroatoms.